The monoisotopic (exact) mass is 1100 g/mol. The van der Waals surface area contributed by atoms with E-state index in [9.17, 15) is 14.4 Å². The predicted octanol–water partition coefficient (Wildman–Crippen LogP) is 23.4. The van der Waals surface area contributed by atoms with Crippen molar-refractivity contribution in [2.24, 2.45) is 0 Å². The first-order valence-corrected chi connectivity index (χ1v) is 34.1. The molecule has 0 aromatic rings. The zero-order chi connectivity index (χ0) is 57.1. The van der Waals surface area contributed by atoms with E-state index in [4.69, 9.17) is 14.2 Å². The number of carbonyl (C=O) groups is 3. The highest BCUT2D eigenvalue weighted by molar-refractivity contribution is 5.71. The van der Waals surface area contributed by atoms with Crippen LogP contribution in [0.5, 0.6) is 0 Å². The summed E-state index contributed by atoms with van der Waals surface area (Å²) in [6, 6.07) is 0. The van der Waals surface area contributed by atoms with Crippen LogP contribution in [0.15, 0.2) is 85.1 Å². The van der Waals surface area contributed by atoms with E-state index in [1.54, 1.807) is 0 Å². The zero-order valence-electron chi connectivity index (χ0n) is 52.4. The second kappa shape index (κ2) is 67.1. The Hall–Kier alpha value is -3.41. The first kappa shape index (κ1) is 75.6. The highest BCUT2D eigenvalue weighted by Gasteiger charge is 2.19. The van der Waals surface area contributed by atoms with Crippen LogP contribution in [-0.2, 0) is 28.6 Å². The minimum Gasteiger partial charge on any atom is -0.462 e. The second-order valence-electron chi connectivity index (χ2n) is 22.7. The number of hydrogen-bond donors (Lipinski definition) is 0. The van der Waals surface area contributed by atoms with E-state index in [-0.39, 0.29) is 37.5 Å². The highest BCUT2D eigenvalue weighted by atomic mass is 16.6. The average molecular weight is 1100 g/mol. The largest absolute Gasteiger partial charge is 0.462 e. The fraction of sp³-hybridized carbons (Fsp3) is 0.767. The van der Waals surface area contributed by atoms with Gasteiger partial charge in [0.15, 0.2) is 6.10 Å². The van der Waals surface area contributed by atoms with Gasteiger partial charge in [-0.05, 0) is 109 Å². The maximum absolute atomic E-state index is 12.9. The molecule has 0 saturated carbocycles. The van der Waals surface area contributed by atoms with Crippen LogP contribution in [0.25, 0.3) is 0 Å². The Balaban J connectivity index is 4.18. The van der Waals surface area contributed by atoms with Crippen LogP contribution in [0.1, 0.15) is 342 Å². The third kappa shape index (κ3) is 65.3. The van der Waals surface area contributed by atoms with Crippen molar-refractivity contribution < 1.29 is 28.6 Å². The van der Waals surface area contributed by atoms with E-state index in [1.165, 1.54) is 199 Å². The molecule has 0 aliphatic heterocycles. The van der Waals surface area contributed by atoms with E-state index in [0.29, 0.717) is 12.8 Å². The van der Waals surface area contributed by atoms with Gasteiger partial charge in [0.1, 0.15) is 13.2 Å². The molecule has 1 unspecified atom stereocenters. The molecular weight excluding hydrogens is 973 g/mol. The number of carbonyl (C=O) groups excluding carboxylic acids is 3. The van der Waals surface area contributed by atoms with Crippen LogP contribution in [0.2, 0.25) is 0 Å². The molecule has 1 atom stereocenters. The van der Waals surface area contributed by atoms with Gasteiger partial charge < -0.3 is 14.2 Å². The van der Waals surface area contributed by atoms with Crippen molar-refractivity contribution in [2.75, 3.05) is 13.2 Å². The number of allylic oxidation sites excluding steroid dienone is 14. The van der Waals surface area contributed by atoms with E-state index in [2.05, 4.69) is 106 Å². The molecule has 0 aliphatic rings. The molecule has 0 aliphatic carbocycles. The molecule has 0 aromatic heterocycles. The highest BCUT2D eigenvalue weighted by Crippen LogP contribution is 2.17. The molecule has 0 aromatic carbocycles. The van der Waals surface area contributed by atoms with Crippen LogP contribution in [0, 0.1) is 0 Å². The zero-order valence-corrected chi connectivity index (χ0v) is 52.4. The summed E-state index contributed by atoms with van der Waals surface area (Å²) in [7, 11) is 0. The topological polar surface area (TPSA) is 78.9 Å². The molecule has 79 heavy (non-hydrogen) atoms. The predicted molar refractivity (Wildman–Crippen MR) is 344 cm³/mol. The number of ether oxygens (including phenoxy) is 3. The second-order valence-corrected chi connectivity index (χ2v) is 22.7. The van der Waals surface area contributed by atoms with Crippen molar-refractivity contribution in [2.45, 2.75) is 348 Å². The lowest BCUT2D eigenvalue weighted by atomic mass is 10.0. The van der Waals surface area contributed by atoms with Crippen LogP contribution >= 0.6 is 0 Å². The number of hydrogen-bond acceptors (Lipinski definition) is 6. The summed E-state index contributed by atoms with van der Waals surface area (Å²) in [6.45, 7) is 6.49. The van der Waals surface area contributed by atoms with Gasteiger partial charge in [-0.2, -0.15) is 0 Å². The van der Waals surface area contributed by atoms with Crippen molar-refractivity contribution in [1.29, 1.82) is 0 Å². The molecule has 0 spiro atoms. The summed E-state index contributed by atoms with van der Waals surface area (Å²) >= 11 is 0. The number of unbranched alkanes of at least 4 members (excludes halogenated alkanes) is 37. The molecule has 456 valence electrons. The van der Waals surface area contributed by atoms with Crippen molar-refractivity contribution in [3.05, 3.63) is 85.1 Å². The standard InChI is InChI=1S/C73H128O6/c1-4-7-10-13-16-19-22-24-26-28-30-31-32-33-34-35-36-37-38-39-40-41-43-44-46-48-51-54-57-60-63-66-72(75)78-69-70(68-77-71(74)65-62-59-56-53-50-21-18-15-12-9-6-3)79-73(76)67-64-61-58-55-52-49-47-45-42-29-27-25-23-20-17-14-11-8-5-2/h8,11,15,17-18,20,25,27-28,30,42,45,49,52,70H,4-7,9-10,12-14,16,19,21-24,26,29,31-41,43-44,46-48,50-51,53-69H2,1-3H3/b11-8-,18-15-,20-17-,27-25-,30-28-,45-42-,52-49-. The minimum atomic E-state index is -0.797. The van der Waals surface area contributed by atoms with Crippen LogP contribution in [-0.4, -0.2) is 37.2 Å². The van der Waals surface area contributed by atoms with Gasteiger partial charge in [-0.25, -0.2) is 0 Å². The van der Waals surface area contributed by atoms with Gasteiger partial charge in [-0.15, -0.1) is 0 Å². The first-order valence-electron chi connectivity index (χ1n) is 34.1. The summed E-state index contributed by atoms with van der Waals surface area (Å²) in [5.41, 5.74) is 0. The molecule has 6 nitrogen and oxygen atoms in total. The third-order valence-corrected chi connectivity index (χ3v) is 14.9. The van der Waals surface area contributed by atoms with Gasteiger partial charge in [0, 0.05) is 19.3 Å². The Morgan fingerprint density at radius 3 is 0.835 bits per heavy atom. The first-order chi connectivity index (χ1) is 39.0. The van der Waals surface area contributed by atoms with E-state index >= 15 is 0 Å². The lowest BCUT2D eigenvalue weighted by molar-refractivity contribution is -0.167. The normalized spacial score (nSPS) is 12.6. The molecular formula is C73H128O6. The van der Waals surface area contributed by atoms with Crippen LogP contribution in [0.4, 0.5) is 0 Å². The fourth-order valence-electron chi connectivity index (χ4n) is 9.74. The van der Waals surface area contributed by atoms with Gasteiger partial charge in [-0.1, -0.05) is 298 Å². The smallest absolute Gasteiger partial charge is 0.306 e. The summed E-state index contributed by atoms with van der Waals surface area (Å²) in [6.07, 6.45) is 89.1. The lowest BCUT2D eigenvalue weighted by Crippen LogP contribution is -2.30. The van der Waals surface area contributed by atoms with Gasteiger partial charge in [0.05, 0.1) is 0 Å². The molecule has 0 amide bonds. The van der Waals surface area contributed by atoms with Gasteiger partial charge in [0.25, 0.3) is 0 Å². The van der Waals surface area contributed by atoms with E-state index in [1.807, 2.05) is 0 Å². The van der Waals surface area contributed by atoms with Gasteiger partial charge in [-0.3, -0.25) is 14.4 Å². The molecule has 0 bridgehead atoms. The summed E-state index contributed by atoms with van der Waals surface area (Å²) in [4.78, 5) is 38.3. The molecule has 0 fully saturated rings. The molecule has 6 heteroatoms. The molecule has 0 heterocycles. The average Bonchev–Trinajstić information content (AvgIpc) is 3.45. The maximum atomic E-state index is 12.9. The van der Waals surface area contributed by atoms with Crippen molar-refractivity contribution in [3.63, 3.8) is 0 Å². The molecule has 0 saturated heterocycles. The third-order valence-electron chi connectivity index (χ3n) is 14.9. The Kier molecular flexibility index (Phi) is 64.2. The Morgan fingerprint density at radius 1 is 0.266 bits per heavy atom. The summed E-state index contributed by atoms with van der Waals surface area (Å²) in [5, 5.41) is 0. The number of esters is 3. The van der Waals surface area contributed by atoms with Crippen LogP contribution in [0.3, 0.4) is 0 Å². The number of rotatable bonds is 62. The quantitative estimate of drug-likeness (QED) is 0.0261. The van der Waals surface area contributed by atoms with Crippen molar-refractivity contribution in [1.82, 2.24) is 0 Å². The van der Waals surface area contributed by atoms with Crippen molar-refractivity contribution in [3.8, 4) is 0 Å². The Morgan fingerprint density at radius 2 is 0.506 bits per heavy atom. The molecule has 0 N–H and O–H groups in total. The molecule has 0 rings (SSSR count). The fourth-order valence-corrected chi connectivity index (χ4v) is 9.74. The summed E-state index contributed by atoms with van der Waals surface area (Å²) < 4.78 is 16.9. The van der Waals surface area contributed by atoms with Crippen molar-refractivity contribution >= 4 is 17.9 Å². The minimum absolute atomic E-state index is 0.0904. The maximum Gasteiger partial charge on any atom is 0.306 e. The summed E-state index contributed by atoms with van der Waals surface area (Å²) in [5.74, 6) is -0.921. The van der Waals surface area contributed by atoms with Gasteiger partial charge in [0.2, 0.25) is 0 Å². The Bertz CT molecular complexity index is 1500. The Labute approximate surface area is 490 Å². The van der Waals surface area contributed by atoms with Gasteiger partial charge >= 0.3 is 17.9 Å². The van der Waals surface area contributed by atoms with Crippen LogP contribution < -0.4 is 0 Å². The van der Waals surface area contributed by atoms with E-state index in [0.717, 1.165) is 103 Å². The SMILES string of the molecule is CC/C=C\C/C=C\C/C=C\C/C=C\C/C=C\CCCCCC(=O)OC(COC(=O)CCCCCCC/C=C\CCCC)COC(=O)CCCCCCCCCCCCCCCCCCCCC/C=C\CCCCCCCCCC. The molecule has 0 radical (unpaired) electrons. The van der Waals surface area contributed by atoms with E-state index < -0.39 is 6.10 Å². The lowest BCUT2D eigenvalue weighted by Gasteiger charge is -2.18.